The molecule has 0 fully saturated rings. The number of nitrogens with one attached hydrogen (secondary N) is 1. The molecule has 0 unspecified atom stereocenters. The van der Waals surface area contributed by atoms with Gasteiger partial charge in [-0.05, 0) is 29.0 Å². The second-order valence-electron chi connectivity index (χ2n) is 5.28. The van der Waals surface area contributed by atoms with Gasteiger partial charge < -0.3 is 10.6 Å². The lowest BCUT2D eigenvalue weighted by atomic mass is 9.99. The summed E-state index contributed by atoms with van der Waals surface area (Å²) in [6.07, 6.45) is 0. The lowest BCUT2D eigenvalue weighted by Crippen LogP contribution is -2.21. The van der Waals surface area contributed by atoms with Crippen LogP contribution in [0.25, 0.3) is 22.5 Å². The minimum absolute atomic E-state index is 0.0370. The van der Waals surface area contributed by atoms with Gasteiger partial charge in [-0.2, -0.15) is 5.21 Å². The van der Waals surface area contributed by atoms with E-state index in [4.69, 9.17) is 5.73 Å². The van der Waals surface area contributed by atoms with Crippen LogP contribution < -0.4 is 5.73 Å². The highest BCUT2D eigenvalue weighted by Crippen LogP contribution is 2.32. The van der Waals surface area contributed by atoms with Gasteiger partial charge in [0.1, 0.15) is 0 Å². The minimum atomic E-state index is -0.0370. The first kappa shape index (κ1) is 14.7. The molecule has 3 rings (SSSR count). The molecule has 0 bridgehead atoms. The molecule has 7 nitrogen and oxygen atoms in total. The van der Waals surface area contributed by atoms with Crippen molar-refractivity contribution in [3.8, 4) is 22.5 Å². The normalized spacial score (nSPS) is 10.5. The van der Waals surface area contributed by atoms with E-state index in [0.717, 1.165) is 11.1 Å². The zero-order valence-corrected chi connectivity index (χ0v) is 12.8. The molecule has 2 aromatic carbocycles. The fraction of sp³-hybridized carbons (Fsp3) is 0.125. The Morgan fingerprint density at radius 1 is 1.09 bits per heavy atom. The quantitative estimate of drug-likeness (QED) is 0.719. The summed E-state index contributed by atoms with van der Waals surface area (Å²) in [5.74, 6) is 0.411. The number of rotatable bonds is 3. The molecule has 0 aliphatic rings. The van der Waals surface area contributed by atoms with Gasteiger partial charge in [0.05, 0.1) is 5.69 Å². The lowest BCUT2D eigenvalue weighted by molar-refractivity contribution is 0.0827. The number of benzene rings is 2. The zero-order valence-electron chi connectivity index (χ0n) is 12.8. The molecule has 3 aromatic rings. The number of aromatic nitrogens is 4. The fourth-order valence-corrected chi connectivity index (χ4v) is 2.34. The Labute approximate surface area is 133 Å². The number of amides is 1. The standard InChI is InChI=1S/C16H16N6O/c1-22(2)16(23)11-8-6-10(7-9-11)12-4-3-5-13(14(12)17)15-18-20-21-19-15/h3-9H,17H2,1-2H3,(H,18,19,20,21). The molecule has 0 aliphatic heterocycles. The molecule has 0 radical (unpaired) electrons. The van der Waals surface area contributed by atoms with Crippen molar-refractivity contribution in [2.45, 2.75) is 0 Å². The van der Waals surface area contributed by atoms with Crippen LogP contribution in [0.5, 0.6) is 0 Å². The van der Waals surface area contributed by atoms with Gasteiger partial charge in [0, 0.05) is 30.8 Å². The van der Waals surface area contributed by atoms with Crippen LogP contribution in [0.1, 0.15) is 10.4 Å². The van der Waals surface area contributed by atoms with E-state index in [1.165, 1.54) is 0 Å². The van der Waals surface area contributed by atoms with Crippen LogP contribution in [0, 0.1) is 0 Å². The van der Waals surface area contributed by atoms with Crippen molar-refractivity contribution in [2.24, 2.45) is 0 Å². The summed E-state index contributed by atoms with van der Waals surface area (Å²) in [7, 11) is 3.45. The second-order valence-corrected chi connectivity index (χ2v) is 5.28. The van der Waals surface area contributed by atoms with Crippen LogP contribution >= 0.6 is 0 Å². The van der Waals surface area contributed by atoms with E-state index in [2.05, 4.69) is 20.6 Å². The van der Waals surface area contributed by atoms with Crippen LogP contribution in [0.15, 0.2) is 42.5 Å². The van der Waals surface area contributed by atoms with E-state index >= 15 is 0 Å². The maximum Gasteiger partial charge on any atom is 0.253 e. The Bertz CT molecular complexity index is 824. The third kappa shape index (κ3) is 2.76. The number of para-hydroxylation sites is 1. The number of nitrogens with two attached hydrogens (primary N) is 1. The van der Waals surface area contributed by atoms with Crippen LogP contribution in [0.4, 0.5) is 5.69 Å². The Hall–Kier alpha value is -3.22. The van der Waals surface area contributed by atoms with Gasteiger partial charge in [-0.3, -0.25) is 4.79 Å². The number of aromatic amines is 1. The van der Waals surface area contributed by atoms with E-state index in [0.29, 0.717) is 22.6 Å². The highest BCUT2D eigenvalue weighted by atomic mass is 16.2. The minimum Gasteiger partial charge on any atom is -0.398 e. The van der Waals surface area contributed by atoms with Gasteiger partial charge in [0.2, 0.25) is 5.82 Å². The van der Waals surface area contributed by atoms with Gasteiger partial charge in [-0.25, -0.2) is 0 Å². The predicted molar refractivity (Wildman–Crippen MR) is 87.5 cm³/mol. The topological polar surface area (TPSA) is 101 Å². The van der Waals surface area contributed by atoms with Crippen molar-refractivity contribution in [2.75, 3.05) is 19.8 Å². The van der Waals surface area contributed by atoms with Gasteiger partial charge in [-0.15, -0.1) is 10.2 Å². The summed E-state index contributed by atoms with van der Waals surface area (Å²) in [6, 6.07) is 13.0. The van der Waals surface area contributed by atoms with E-state index in [9.17, 15) is 4.79 Å². The summed E-state index contributed by atoms with van der Waals surface area (Å²) in [4.78, 5) is 13.5. The molecule has 0 spiro atoms. The van der Waals surface area contributed by atoms with Crippen molar-refractivity contribution in [1.29, 1.82) is 0 Å². The number of anilines is 1. The monoisotopic (exact) mass is 308 g/mol. The predicted octanol–water partition coefficient (Wildman–Crippen LogP) is 1.82. The van der Waals surface area contributed by atoms with Gasteiger partial charge in [-0.1, -0.05) is 24.3 Å². The van der Waals surface area contributed by atoms with Gasteiger partial charge in [0.15, 0.2) is 0 Å². The number of H-pyrrole nitrogens is 1. The van der Waals surface area contributed by atoms with E-state index in [1.807, 2.05) is 30.3 Å². The van der Waals surface area contributed by atoms with E-state index in [-0.39, 0.29) is 5.91 Å². The van der Waals surface area contributed by atoms with Crippen molar-refractivity contribution >= 4 is 11.6 Å². The molecule has 0 aliphatic carbocycles. The number of tetrazole rings is 1. The summed E-state index contributed by atoms with van der Waals surface area (Å²) in [6.45, 7) is 0. The first-order valence-corrected chi connectivity index (χ1v) is 7.02. The molecule has 3 N–H and O–H groups in total. The average molecular weight is 308 g/mol. The van der Waals surface area contributed by atoms with Crippen molar-refractivity contribution in [3.05, 3.63) is 48.0 Å². The Balaban J connectivity index is 1.99. The van der Waals surface area contributed by atoms with Crippen LogP contribution in [-0.2, 0) is 0 Å². The second kappa shape index (κ2) is 5.88. The maximum atomic E-state index is 11.9. The van der Waals surface area contributed by atoms with Crippen molar-refractivity contribution in [3.63, 3.8) is 0 Å². The van der Waals surface area contributed by atoms with Crippen molar-refractivity contribution < 1.29 is 4.79 Å². The number of hydrogen-bond acceptors (Lipinski definition) is 5. The molecular formula is C16H16N6O. The molecule has 0 saturated heterocycles. The first-order chi connectivity index (χ1) is 11.1. The molecule has 1 heterocycles. The Kier molecular flexibility index (Phi) is 3.76. The summed E-state index contributed by atoms with van der Waals surface area (Å²) in [5.41, 5.74) is 9.95. The number of nitrogen functional groups attached to an aromatic ring is 1. The third-order valence-corrected chi connectivity index (χ3v) is 3.54. The SMILES string of the molecule is CN(C)C(=O)c1ccc(-c2cccc(-c3nn[nH]n3)c2N)cc1. The van der Waals surface area contributed by atoms with E-state index < -0.39 is 0 Å². The number of hydrogen-bond donors (Lipinski definition) is 2. The Morgan fingerprint density at radius 3 is 2.39 bits per heavy atom. The van der Waals surface area contributed by atoms with Gasteiger partial charge >= 0.3 is 0 Å². The van der Waals surface area contributed by atoms with E-state index in [1.54, 1.807) is 31.1 Å². The number of carbonyl (C=O) groups excluding carboxylic acids is 1. The first-order valence-electron chi connectivity index (χ1n) is 7.02. The van der Waals surface area contributed by atoms with Crippen LogP contribution in [-0.4, -0.2) is 45.5 Å². The molecule has 0 saturated carbocycles. The zero-order chi connectivity index (χ0) is 16.4. The summed E-state index contributed by atoms with van der Waals surface area (Å²) >= 11 is 0. The van der Waals surface area contributed by atoms with Crippen molar-refractivity contribution in [1.82, 2.24) is 25.5 Å². The highest BCUT2D eigenvalue weighted by Gasteiger charge is 2.13. The van der Waals surface area contributed by atoms with Crippen LogP contribution in [0.3, 0.4) is 0 Å². The molecular weight excluding hydrogens is 292 g/mol. The van der Waals surface area contributed by atoms with Crippen LogP contribution in [0.2, 0.25) is 0 Å². The molecule has 116 valence electrons. The summed E-state index contributed by atoms with van der Waals surface area (Å²) in [5, 5.41) is 13.9. The molecule has 0 atom stereocenters. The molecule has 23 heavy (non-hydrogen) atoms. The third-order valence-electron chi connectivity index (χ3n) is 3.54. The summed E-state index contributed by atoms with van der Waals surface area (Å²) < 4.78 is 0. The smallest absolute Gasteiger partial charge is 0.253 e. The fourth-order valence-electron chi connectivity index (χ4n) is 2.34. The molecule has 1 amide bonds. The lowest BCUT2D eigenvalue weighted by Gasteiger charge is -2.12. The highest BCUT2D eigenvalue weighted by molar-refractivity contribution is 5.95. The Morgan fingerprint density at radius 2 is 1.78 bits per heavy atom. The maximum absolute atomic E-state index is 11.9. The average Bonchev–Trinajstić information content (AvgIpc) is 3.09. The molecule has 7 heteroatoms. The largest absolute Gasteiger partial charge is 0.398 e. The number of nitrogens with zero attached hydrogens (tertiary/aromatic N) is 4. The van der Waals surface area contributed by atoms with Gasteiger partial charge in [0.25, 0.3) is 5.91 Å². The number of carbonyl (C=O) groups is 1. The molecule has 1 aromatic heterocycles.